The Morgan fingerprint density at radius 1 is 1.00 bits per heavy atom. The standard InChI is InChI=1S/C23H25N7O/c1-15-13-21(28-27-15)25-22-17-8-7-16(30-11-9-29(2)10-12-30)14-19(17)24-23(26-22)18-5-3-4-6-20(18)31/h3-8,13-14,31H,9-12H2,1-2H3,(H2,24,25,26,27,28). The number of phenolic OH excluding ortho intramolecular Hbond substituents is 1. The second kappa shape index (κ2) is 7.88. The first kappa shape index (κ1) is 19.3. The molecule has 5 rings (SSSR count). The van der Waals surface area contributed by atoms with Crippen molar-refractivity contribution in [1.82, 2.24) is 25.1 Å². The van der Waals surface area contributed by atoms with E-state index in [1.165, 1.54) is 0 Å². The van der Waals surface area contributed by atoms with Crippen molar-refractivity contribution in [2.24, 2.45) is 0 Å². The number of likely N-dealkylation sites (N-methyl/N-ethyl adjacent to an activating group) is 1. The lowest BCUT2D eigenvalue weighted by Crippen LogP contribution is -2.44. The van der Waals surface area contributed by atoms with Crippen LogP contribution in [0.5, 0.6) is 5.75 Å². The first-order chi connectivity index (χ1) is 15.1. The second-order valence-corrected chi connectivity index (χ2v) is 7.97. The Labute approximate surface area is 180 Å². The zero-order chi connectivity index (χ0) is 21.4. The Hall–Kier alpha value is -3.65. The monoisotopic (exact) mass is 415 g/mol. The highest BCUT2D eigenvalue weighted by atomic mass is 16.3. The molecule has 0 bridgehead atoms. The highest BCUT2D eigenvalue weighted by Gasteiger charge is 2.17. The number of aryl methyl sites for hydroxylation is 1. The van der Waals surface area contributed by atoms with Gasteiger partial charge in [-0.25, -0.2) is 9.97 Å². The topological polar surface area (TPSA) is 93.2 Å². The zero-order valence-electron chi connectivity index (χ0n) is 17.6. The smallest absolute Gasteiger partial charge is 0.165 e. The molecule has 0 unspecified atom stereocenters. The lowest BCUT2D eigenvalue weighted by atomic mass is 10.1. The number of aromatic hydroxyl groups is 1. The van der Waals surface area contributed by atoms with E-state index < -0.39 is 0 Å². The van der Waals surface area contributed by atoms with Crippen LogP contribution in [-0.4, -0.2) is 63.4 Å². The minimum atomic E-state index is 0.152. The normalized spacial score (nSPS) is 14.8. The van der Waals surface area contributed by atoms with Crippen LogP contribution in [0.4, 0.5) is 17.3 Å². The molecule has 158 valence electrons. The van der Waals surface area contributed by atoms with Gasteiger partial charge in [-0.15, -0.1) is 0 Å². The van der Waals surface area contributed by atoms with Gasteiger partial charge < -0.3 is 20.2 Å². The maximum Gasteiger partial charge on any atom is 0.165 e. The molecule has 1 aliphatic heterocycles. The Kier molecular flexibility index (Phi) is 4.91. The van der Waals surface area contributed by atoms with E-state index in [-0.39, 0.29) is 5.75 Å². The van der Waals surface area contributed by atoms with Crippen LogP contribution in [0.25, 0.3) is 22.3 Å². The van der Waals surface area contributed by atoms with Gasteiger partial charge in [0, 0.05) is 49.0 Å². The summed E-state index contributed by atoms with van der Waals surface area (Å²) >= 11 is 0. The maximum absolute atomic E-state index is 10.4. The van der Waals surface area contributed by atoms with E-state index in [9.17, 15) is 5.11 Å². The highest BCUT2D eigenvalue weighted by molar-refractivity contribution is 5.94. The van der Waals surface area contributed by atoms with Crippen LogP contribution in [0.15, 0.2) is 48.5 Å². The molecule has 0 amide bonds. The molecule has 0 aliphatic carbocycles. The summed E-state index contributed by atoms with van der Waals surface area (Å²) in [5.41, 5.74) is 3.51. The van der Waals surface area contributed by atoms with Crippen molar-refractivity contribution in [3.8, 4) is 17.1 Å². The molecule has 31 heavy (non-hydrogen) atoms. The third-order valence-electron chi connectivity index (χ3n) is 5.65. The van der Waals surface area contributed by atoms with Crippen LogP contribution < -0.4 is 10.2 Å². The van der Waals surface area contributed by atoms with Crippen LogP contribution in [0.2, 0.25) is 0 Å². The molecule has 1 fully saturated rings. The predicted molar refractivity (Wildman–Crippen MR) is 123 cm³/mol. The number of aromatic nitrogens is 4. The number of benzene rings is 2. The minimum Gasteiger partial charge on any atom is -0.507 e. The fraction of sp³-hybridized carbons (Fsp3) is 0.261. The van der Waals surface area contributed by atoms with Gasteiger partial charge in [-0.05, 0) is 44.3 Å². The first-order valence-electron chi connectivity index (χ1n) is 10.4. The number of phenols is 1. The van der Waals surface area contributed by atoms with Gasteiger partial charge in [-0.2, -0.15) is 5.10 Å². The summed E-state index contributed by atoms with van der Waals surface area (Å²) < 4.78 is 0. The van der Waals surface area contributed by atoms with E-state index in [0.717, 1.165) is 48.5 Å². The molecule has 0 atom stereocenters. The Balaban J connectivity index is 1.62. The number of piperazine rings is 1. The largest absolute Gasteiger partial charge is 0.507 e. The number of nitrogens with zero attached hydrogens (tertiary/aromatic N) is 5. The van der Waals surface area contributed by atoms with Crippen LogP contribution >= 0.6 is 0 Å². The number of hydrogen-bond donors (Lipinski definition) is 3. The Bertz CT molecular complexity index is 1230. The Morgan fingerprint density at radius 2 is 1.81 bits per heavy atom. The van der Waals surface area contributed by atoms with Crippen molar-refractivity contribution in [3.63, 3.8) is 0 Å². The molecule has 0 radical (unpaired) electrons. The van der Waals surface area contributed by atoms with Crippen molar-refractivity contribution >= 4 is 28.2 Å². The predicted octanol–water partition coefficient (Wildman–Crippen LogP) is 3.53. The lowest BCUT2D eigenvalue weighted by molar-refractivity contribution is 0.313. The van der Waals surface area contributed by atoms with Crippen molar-refractivity contribution in [3.05, 3.63) is 54.2 Å². The van der Waals surface area contributed by atoms with Crippen molar-refractivity contribution in [2.45, 2.75) is 6.92 Å². The summed E-state index contributed by atoms with van der Waals surface area (Å²) in [5.74, 6) is 1.96. The SMILES string of the molecule is Cc1cc(Nc2nc(-c3ccccc3O)nc3cc(N4CCN(C)CC4)ccc23)n[nH]1. The second-order valence-electron chi connectivity index (χ2n) is 7.97. The number of rotatable bonds is 4. The number of fused-ring (bicyclic) bond motifs is 1. The van der Waals surface area contributed by atoms with Gasteiger partial charge in [0.1, 0.15) is 11.6 Å². The molecule has 0 spiro atoms. The summed E-state index contributed by atoms with van der Waals surface area (Å²) in [4.78, 5) is 14.3. The number of para-hydroxylation sites is 1. The van der Waals surface area contributed by atoms with Gasteiger partial charge in [-0.1, -0.05) is 12.1 Å². The van der Waals surface area contributed by atoms with Gasteiger partial charge in [0.05, 0.1) is 11.1 Å². The summed E-state index contributed by atoms with van der Waals surface area (Å²) in [6.45, 7) is 5.99. The van der Waals surface area contributed by atoms with Crippen LogP contribution in [0, 0.1) is 6.92 Å². The van der Waals surface area contributed by atoms with E-state index in [4.69, 9.17) is 9.97 Å². The molecule has 8 heteroatoms. The molecule has 0 saturated carbocycles. The van der Waals surface area contributed by atoms with E-state index in [0.29, 0.717) is 23.0 Å². The van der Waals surface area contributed by atoms with Crippen LogP contribution in [-0.2, 0) is 0 Å². The lowest BCUT2D eigenvalue weighted by Gasteiger charge is -2.34. The van der Waals surface area contributed by atoms with E-state index in [1.807, 2.05) is 25.1 Å². The van der Waals surface area contributed by atoms with Gasteiger partial charge in [0.15, 0.2) is 11.6 Å². The number of hydrogen-bond acceptors (Lipinski definition) is 7. The van der Waals surface area contributed by atoms with E-state index in [1.54, 1.807) is 12.1 Å². The number of H-pyrrole nitrogens is 1. The van der Waals surface area contributed by atoms with Gasteiger partial charge in [0.2, 0.25) is 0 Å². The summed E-state index contributed by atoms with van der Waals surface area (Å²) in [5, 5.41) is 21.8. The molecule has 8 nitrogen and oxygen atoms in total. The van der Waals surface area contributed by atoms with Gasteiger partial charge in [-0.3, -0.25) is 5.10 Å². The van der Waals surface area contributed by atoms with Crippen molar-refractivity contribution in [2.75, 3.05) is 43.4 Å². The molecule has 3 heterocycles. The van der Waals surface area contributed by atoms with Gasteiger partial charge >= 0.3 is 0 Å². The maximum atomic E-state index is 10.4. The van der Waals surface area contributed by atoms with Crippen molar-refractivity contribution in [1.29, 1.82) is 0 Å². The third-order valence-corrected chi connectivity index (χ3v) is 5.65. The summed E-state index contributed by atoms with van der Waals surface area (Å²) in [6, 6.07) is 15.3. The third kappa shape index (κ3) is 3.89. The highest BCUT2D eigenvalue weighted by Crippen LogP contribution is 2.33. The average molecular weight is 416 g/mol. The fourth-order valence-electron chi connectivity index (χ4n) is 3.86. The first-order valence-corrected chi connectivity index (χ1v) is 10.4. The molecular weight excluding hydrogens is 390 g/mol. The average Bonchev–Trinajstić information content (AvgIpc) is 3.18. The fourth-order valence-corrected chi connectivity index (χ4v) is 3.86. The number of nitrogens with one attached hydrogen (secondary N) is 2. The number of aromatic amines is 1. The van der Waals surface area contributed by atoms with Crippen LogP contribution in [0.1, 0.15) is 5.69 Å². The molecular formula is C23H25N7O. The molecule has 2 aromatic heterocycles. The molecule has 1 saturated heterocycles. The Morgan fingerprint density at radius 3 is 2.55 bits per heavy atom. The zero-order valence-corrected chi connectivity index (χ0v) is 17.6. The molecule has 4 aromatic rings. The van der Waals surface area contributed by atoms with Crippen molar-refractivity contribution < 1.29 is 5.11 Å². The van der Waals surface area contributed by atoms with Crippen LogP contribution in [0.3, 0.4) is 0 Å². The van der Waals surface area contributed by atoms with Gasteiger partial charge in [0.25, 0.3) is 0 Å². The minimum absolute atomic E-state index is 0.152. The van der Waals surface area contributed by atoms with E-state index >= 15 is 0 Å². The molecule has 3 N–H and O–H groups in total. The summed E-state index contributed by atoms with van der Waals surface area (Å²) in [7, 11) is 2.15. The molecule has 1 aliphatic rings. The quantitative estimate of drug-likeness (QED) is 0.469. The van der Waals surface area contributed by atoms with E-state index in [2.05, 4.69) is 50.6 Å². The molecule has 2 aromatic carbocycles. The number of anilines is 3. The summed E-state index contributed by atoms with van der Waals surface area (Å²) in [6.07, 6.45) is 0.